The summed E-state index contributed by atoms with van der Waals surface area (Å²) in [5.41, 5.74) is 2.89. The fraction of sp³-hybridized carbons (Fsp3) is 0.316. The molecular formula is C19H21FN4O. The molecule has 0 spiro atoms. The number of anilines is 1. The lowest BCUT2D eigenvalue weighted by molar-refractivity contribution is 0.0186. The minimum absolute atomic E-state index is 0.0628. The highest BCUT2D eigenvalue weighted by Crippen LogP contribution is 2.23. The molecule has 0 aliphatic carbocycles. The Hall–Kier alpha value is -2.44. The lowest BCUT2D eigenvalue weighted by atomic mass is 10.0. The van der Waals surface area contributed by atoms with E-state index in [4.69, 9.17) is 4.74 Å². The zero-order chi connectivity index (χ0) is 17.1. The standard InChI is InChI=1S/C19H21FN4O/c20-15-5-3-4-14(12-15)18(24-8-10-25-11-9-24)13-21-19-22-16-6-1-2-7-17(16)23-19/h1-7,12,18H,8-11,13H2,(H2,21,22,23). The molecule has 2 aromatic carbocycles. The average molecular weight is 340 g/mol. The number of hydrogen-bond acceptors (Lipinski definition) is 4. The zero-order valence-corrected chi connectivity index (χ0v) is 13.9. The van der Waals surface area contributed by atoms with Crippen LogP contribution >= 0.6 is 0 Å². The van der Waals surface area contributed by atoms with Crippen LogP contribution in [-0.4, -0.2) is 47.7 Å². The molecule has 0 radical (unpaired) electrons. The van der Waals surface area contributed by atoms with Crippen LogP contribution in [0, 0.1) is 5.82 Å². The lowest BCUT2D eigenvalue weighted by Gasteiger charge is -2.34. The lowest BCUT2D eigenvalue weighted by Crippen LogP contribution is -2.41. The molecule has 6 heteroatoms. The third-order valence-corrected chi connectivity index (χ3v) is 4.57. The van der Waals surface area contributed by atoms with Crippen LogP contribution in [0.2, 0.25) is 0 Å². The van der Waals surface area contributed by atoms with Gasteiger partial charge in [-0.2, -0.15) is 0 Å². The maximum absolute atomic E-state index is 13.7. The van der Waals surface area contributed by atoms with Crippen LogP contribution < -0.4 is 5.32 Å². The summed E-state index contributed by atoms with van der Waals surface area (Å²) >= 11 is 0. The number of fused-ring (bicyclic) bond motifs is 1. The molecule has 1 atom stereocenters. The smallest absolute Gasteiger partial charge is 0.201 e. The Morgan fingerprint density at radius 1 is 1.16 bits per heavy atom. The predicted octanol–water partition coefficient (Wildman–Crippen LogP) is 3.19. The van der Waals surface area contributed by atoms with Crippen LogP contribution in [0.3, 0.4) is 0 Å². The van der Waals surface area contributed by atoms with Gasteiger partial charge in [-0.1, -0.05) is 24.3 Å². The van der Waals surface area contributed by atoms with E-state index in [1.807, 2.05) is 30.3 Å². The summed E-state index contributed by atoms with van der Waals surface area (Å²) in [7, 11) is 0. The van der Waals surface area contributed by atoms with Gasteiger partial charge in [0.15, 0.2) is 0 Å². The summed E-state index contributed by atoms with van der Waals surface area (Å²) in [6.07, 6.45) is 0. The van der Waals surface area contributed by atoms with Gasteiger partial charge in [-0.15, -0.1) is 0 Å². The van der Waals surface area contributed by atoms with E-state index in [0.29, 0.717) is 19.8 Å². The van der Waals surface area contributed by atoms with Crippen molar-refractivity contribution >= 4 is 17.0 Å². The predicted molar refractivity (Wildman–Crippen MR) is 96.1 cm³/mol. The minimum Gasteiger partial charge on any atom is -0.379 e. The first kappa shape index (κ1) is 16.1. The third kappa shape index (κ3) is 3.65. The number of hydrogen-bond donors (Lipinski definition) is 2. The highest BCUT2D eigenvalue weighted by molar-refractivity contribution is 5.77. The van der Waals surface area contributed by atoms with Crippen molar-refractivity contribution in [2.24, 2.45) is 0 Å². The van der Waals surface area contributed by atoms with E-state index in [2.05, 4.69) is 20.2 Å². The number of nitrogens with one attached hydrogen (secondary N) is 2. The van der Waals surface area contributed by atoms with Crippen molar-refractivity contribution in [3.05, 3.63) is 59.9 Å². The molecule has 5 nitrogen and oxygen atoms in total. The molecule has 1 aliphatic rings. The summed E-state index contributed by atoms with van der Waals surface area (Å²) < 4.78 is 19.2. The maximum atomic E-state index is 13.7. The number of ether oxygens (including phenoxy) is 1. The van der Waals surface area contributed by atoms with Crippen molar-refractivity contribution < 1.29 is 9.13 Å². The number of imidazole rings is 1. The number of nitrogens with zero attached hydrogens (tertiary/aromatic N) is 2. The van der Waals surface area contributed by atoms with Crippen LogP contribution in [0.4, 0.5) is 10.3 Å². The molecule has 1 aromatic heterocycles. The Morgan fingerprint density at radius 3 is 2.80 bits per heavy atom. The number of aromatic amines is 1. The second kappa shape index (κ2) is 7.21. The van der Waals surface area contributed by atoms with Gasteiger partial charge in [-0.3, -0.25) is 4.90 Å². The number of rotatable bonds is 5. The van der Waals surface area contributed by atoms with E-state index in [1.165, 1.54) is 6.07 Å². The van der Waals surface area contributed by atoms with E-state index in [0.717, 1.165) is 35.6 Å². The fourth-order valence-corrected chi connectivity index (χ4v) is 3.29. The molecule has 2 heterocycles. The third-order valence-electron chi connectivity index (χ3n) is 4.57. The van der Waals surface area contributed by atoms with Gasteiger partial charge < -0.3 is 15.0 Å². The molecule has 0 amide bonds. The molecule has 2 N–H and O–H groups in total. The van der Waals surface area contributed by atoms with E-state index in [1.54, 1.807) is 12.1 Å². The summed E-state index contributed by atoms with van der Waals surface area (Å²) in [6.45, 7) is 3.72. The Bertz CT molecular complexity index is 811. The van der Waals surface area contributed by atoms with Gasteiger partial charge in [0.1, 0.15) is 5.82 Å². The van der Waals surface area contributed by atoms with Crippen molar-refractivity contribution in [3.63, 3.8) is 0 Å². The SMILES string of the molecule is Fc1cccc(C(CNc2nc3ccccc3[nH]2)N2CCOCC2)c1. The minimum atomic E-state index is -0.209. The summed E-state index contributed by atoms with van der Waals surface area (Å²) in [5, 5.41) is 3.38. The summed E-state index contributed by atoms with van der Waals surface area (Å²) in [6, 6.07) is 14.8. The molecule has 130 valence electrons. The normalized spacial score (nSPS) is 16.8. The Kier molecular flexibility index (Phi) is 4.63. The van der Waals surface area contributed by atoms with Crippen LogP contribution in [0.15, 0.2) is 48.5 Å². The topological polar surface area (TPSA) is 53.2 Å². The molecule has 1 fully saturated rings. The first-order valence-corrected chi connectivity index (χ1v) is 8.55. The average Bonchev–Trinajstić information content (AvgIpc) is 3.06. The number of halogens is 1. The second-order valence-electron chi connectivity index (χ2n) is 6.20. The van der Waals surface area contributed by atoms with Gasteiger partial charge in [0.2, 0.25) is 5.95 Å². The Balaban J connectivity index is 1.54. The van der Waals surface area contributed by atoms with Gasteiger partial charge in [-0.25, -0.2) is 9.37 Å². The fourth-order valence-electron chi connectivity index (χ4n) is 3.29. The first-order valence-electron chi connectivity index (χ1n) is 8.55. The van der Waals surface area contributed by atoms with Crippen LogP contribution in [0.25, 0.3) is 11.0 Å². The first-order chi connectivity index (χ1) is 12.3. The van der Waals surface area contributed by atoms with Crippen LogP contribution in [0.1, 0.15) is 11.6 Å². The number of morpholine rings is 1. The van der Waals surface area contributed by atoms with Gasteiger partial charge in [0.05, 0.1) is 30.3 Å². The van der Waals surface area contributed by atoms with Crippen molar-refractivity contribution in [3.8, 4) is 0 Å². The van der Waals surface area contributed by atoms with E-state index in [-0.39, 0.29) is 11.9 Å². The van der Waals surface area contributed by atoms with Gasteiger partial charge in [0, 0.05) is 19.6 Å². The molecular weight excluding hydrogens is 319 g/mol. The van der Waals surface area contributed by atoms with Gasteiger partial charge >= 0.3 is 0 Å². The van der Waals surface area contributed by atoms with Gasteiger partial charge in [-0.05, 0) is 29.8 Å². The molecule has 1 saturated heterocycles. The number of para-hydroxylation sites is 2. The molecule has 0 saturated carbocycles. The monoisotopic (exact) mass is 340 g/mol. The van der Waals surface area contributed by atoms with Crippen molar-refractivity contribution in [2.75, 3.05) is 38.2 Å². The summed E-state index contributed by atoms with van der Waals surface area (Å²) in [4.78, 5) is 10.2. The van der Waals surface area contributed by atoms with Crippen LogP contribution in [-0.2, 0) is 4.74 Å². The summed E-state index contributed by atoms with van der Waals surface area (Å²) in [5.74, 6) is 0.523. The molecule has 25 heavy (non-hydrogen) atoms. The number of aromatic nitrogens is 2. The zero-order valence-electron chi connectivity index (χ0n) is 13.9. The molecule has 1 unspecified atom stereocenters. The molecule has 3 aromatic rings. The van der Waals surface area contributed by atoms with E-state index >= 15 is 0 Å². The van der Waals surface area contributed by atoms with Crippen molar-refractivity contribution in [1.82, 2.24) is 14.9 Å². The van der Waals surface area contributed by atoms with Crippen LogP contribution in [0.5, 0.6) is 0 Å². The largest absolute Gasteiger partial charge is 0.379 e. The van der Waals surface area contributed by atoms with Crippen molar-refractivity contribution in [1.29, 1.82) is 0 Å². The van der Waals surface area contributed by atoms with E-state index < -0.39 is 0 Å². The number of H-pyrrole nitrogens is 1. The Labute approximate surface area is 145 Å². The molecule has 1 aliphatic heterocycles. The quantitative estimate of drug-likeness (QED) is 0.749. The second-order valence-corrected chi connectivity index (χ2v) is 6.20. The maximum Gasteiger partial charge on any atom is 0.201 e. The van der Waals surface area contributed by atoms with E-state index in [9.17, 15) is 4.39 Å². The van der Waals surface area contributed by atoms with Gasteiger partial charge in [0.25, 0.3) is 0 Å². The Morgan fingerprint density at radius 2 is 2.00 bits per heavy atom. The molecule has 0 bridgehead atoms. The van der Waals surface area contributed by atoms with Crippen molar-refractivity contribution in [2.45, 2.75) is 6.04 Å². The molecule has 4 rings (SSSR count). The highest BCUT2D eigenvalue weighted by Gasteiger charge is 2.23. The number of benzene rings is 2. The highest BCUT2D eigenvalue weighted by atomic mass is 19.1.